The highest BCUT2D eigenvalue weighted by Crippen LogP contribution is 2.30. The fourth-order valence-electron chi connectivity index (χ4n) is 5.36. The molecule has 4 aromatic rings. The van der Waals surface area contributed by atoms with Crippen molar-refractivity contribution in [2.75, 3.05) is 6.61 Å². The van der Waals surface area contributed by atoms with Crippen molar-refractivity contribution < 1.29 is 23.9 Å². The fourth-order valence-corrected chi connectivity index (χ4v) is 6.32. The number of carbonyl (C=O) groups excluding carboxylic acids is 3. The summed E-state index contributed by atoms with van der Waals surface area (Å²) in [6.07, 6.45) is 9.83. The van der Waals surface area contributed by atoms with Crippen molar-refractivity contribution in [3.05, 3.63) is 88.4 Å². The first kappa shape index (κ1) is 40.2. The van der Waals surface area contributed by atoms with E-state index in [0.29, 0.717) is 10.7 Å². The molecule has 9 nitrogen and oxygen atoms in total. The standard InChI is InChI=1S/C42H54N4O5S/c1-9-10-11-12-13-24-50-33-20-18-30(19-21-33)32-26-43-37(44-27-32)31-16-14-29(15-17-31)25-34(38(47)45-28(2)40(49)51-42(6,7)8)46-39(48)35-22-23-36(52-35)41(3,4)5/h14-23,26-28,34H,9-13,24-25H2,1-8H3,(H,45,47)(H,46,48)/t28-,34+/m1/s1. The summed E-state index contributed by atoms with van der Waals surface area (Å²) in [7, 11) is 0. The summed E-state index contributed by atoms with van der Waals surface area (Å²) in [6.45, 7) is 16.1. The number of nitrogens with one attached hydrogen (secondary N) is 2. The molecule has 0 saturated heterocycles. The van der Waals surface area contributed by atoms with E-state index in [1.54, 1.807) is 46.2 Å². The van der Waals surface area contributed by atoms with Crippen molar-refractivity contribution >= 4 is 29.1 Å². The Kier molecular flexibility index (Phi) is 14.1. The zero-order valence-corrected chi connectivity index (χ0v) is 32.7. The average Bonchev–Trinajstić information content (AvgIpc) is 3.61. The molecule has 2 aromatic heterocycles. The summed E-state index contributed by atoms with van der Waals surface area (Å²) in [6, 6.07) is 17.4. The van der Waals surface area contributed by atoms with Crippen LogP contribution in [0.2, 0.25) is 0 Å². The summed E-state index contributed by atoms with van der Waals surface area (Å²) in [4.78, 5) is 50.3. The van der Waals surface area contributed by atoms with Crippen LogP contribution in [0.25, 0.3) is 22.5 Å². The van der Waals surface area contributed by atoms with Gasteiger partial charge in [-0.2, -0.15) is 0 Å². The number of hydrogen-bond acceptors (Lipinski definition) is 8. The van der Waals surface area contributed by atoms with Crippen LogP contribution in [0, 0.1) is 0 Å². The van der Waals surface area contributed by atoms with Crippen LogP contribution in [0.3, 0.4) is 0 Å². The van der Waals surface area contributed by atoms with Crippen molar-refractivity contribution in [2.24, 2.45) is 0 Å². The molecule has 0 aliphatic heterocycles. The number of nitrogens with zero attached hydrogens (tertiary/aromatic N) is 2. The highest BCUT2D eigenvalue weighted by molar-refractivity contribution is 7.14. The Morgan fingerprint density at radius 3 is 2.00 bits per heavy atom. The number of rotatable bonds is 16. The molecule has 2 heterocycles. The van der Waals surface area contributed by atoms with E-state index >= 15 is 0 Å². The number of aromatic nitrogens is 2. The van der Waals surface area contributed by atoms with Crippen LogP contribution < -0.4 is 15.4 Å². The molecule has 10 heteroatoms. The topological polar surface area (TPSA) is 120 Å². The summed E-state index contributed by atoms with van der Waals surface area (Å²) in [5.41, 5.74) is 2.72. The minimum Gasteiger partial charge on any atom is -0.494 e. The van der Waals surface area contributed by atoms with Gasteiger partial charge in [0.1, 0.15) is 23.4 Å². The number of carbonyl (C=O) groups is 3. The van der Waals surface area contributed by atoms with E-state index in [2.05, 4.69) is 48.3 Å². The predicted octanol–water partition coefficient (Wildman–Crippen LogP) is 8.71. The maximum Gasteiger partial charge on any atom is 0.328 e. The fraction of sp³-hybridized carbons (Fsp3) is 0.452. The highest BCUT2D eigenvalue weighted by Gasteiger charge is 2.29. The zero-order valence-electron chi connectivity index (χ0n) is 31.9. The molecule has 2 N–H and O–H groups in total. The van der Waals surface area contributed by atoms with E-state index in [0.717, 1.165) is 45.9 Å². The maximum atomic E-state index is 13.5. The van der Waals surface area contributed by atoms with E-state index in [1.165, 1.54) is 37.0 Å². The summed E-state index contributed by atoms with van der Waals surface area (Å²) in [5, 5.41) is 5.64. The van der Waals surface area contributed by atoms with Crippen LogP contribution in [-0.4, -0.2) is 52.0 Å². The maximum absolute atomic E-state index is 13.5. The summed E-state index contributed by atoms with van der Waals surface area (Å²) in [5.74, 6) is 0.0400. The van der Waals surface area contributed by atoms with Gasteiger partial charge in [-0.25, -0.2) is 14.8 Å². The lowest BCUT2D eigenvalue weighted by Gasteiger charge is -2.24. The molecule has 2 atom stereocenters. The van der Waals surface area contributed by atoms with E-state index in [1.807, 2.05) is 54.6 Å². The van der Waals surface area contributed by atoms with Gasteiger partial charge in [0.2, 0.25) is 5.91 Å². The molecule has 0 aliphatic rings. The molecule has 0 radical (unpaired) electrons. The second-order valence-electron chi connectivity index (χ2n) is 15.2. The molecule has 52 heavy (non-hydrogen) atoms. The lowest BCUT2D eigenvalue weighted by Crippen LogP contribution is -2.52. The van der Waals surface area contributed by atoms with E-state index < -0.39 is 29.6 Å². The summed E-state index contributed by atoms with van der Waals surface area (Å²) < 4.78 is 11.3. The molecule has 278 valence electrons. The third-order valence-electron chi connectivity index (χ3n) is 8.32. The molecule has 0 fully saturated rings. The van der Waals surface area contributed by atoms with Gasteiger partial charge in [0, 0.05) is 34.8 Å². The van der Waals surface area contributed by atoms with Gasteiger partial charge in [-0.15, -0.1) is 11.3 Å². The second-order valence-corrected chi connectivity index (χ2v) is 16.3. The lowest BCUT2D eigenvalue weighted by atomic mass is 9.95. The largest absolute Gasteiger partial charge is 0.494 e. The third-order valence-corrected chi connectivity index (χ3v) is 9.83. The van der Waals surface area contributed by atoms with Crippen LogP contribution in [0.1, 0.15) is 108 Å². The molecule has 2 amide bonds. The van der Waals surface area contributed by atoms with Gasteiger partial charge in [-0.05, 0) is 74.9 Å². The molecule has 0 bridgehead atoms. The van der Waals surface area contributed by atoms with E-state index in [4.69, 9.17) is 9.47 Å². The Morgan fingerprint density at radius 1 is 0.769 bits per heavy atom. The second kappa shape index (κ2) is 18.3. The van der Waals surface area contributed by atoms with Crippen LogP contribution in [0.5, 0.6) is 5.75 Å². The lowest BCUT2D eigenvalue weighted by molar-refractivity contribution is -0.158. The van der Waals surface area contributed by atoms with Crippen molar-refractivity contribution in [1.29, 1.82) is 0 Å². The molecule has 0 spiro atoms. The SMILES string of the molecule is CCCCCCCOc1ccc(-c2cnc(-c3ccc(C[C@H](NC(=O)c4ccc(C(C)(C)C)s4)C(=O)N[C@H](C)C(=O)OC(C)(C)C)cc3)nc2)cc1. The van der Waals surface area contributed by atoms with Gasteiger partial charge < -0.3 is 20.1 Å². The Balaban J connectivity index is 1.42. The monoisotopic (exact) mass is 726 g/mol. The first-order valence-corrected chi connectivity index (χ1v) is 19.0. The Hall–Kier alpha value is -4.57. The van der Waals surface area contributed by atoms with Gasteiger partial charge in [-0.3, -0.25) is 9.59 Å². The van der Waals surface area contributed by atoms with Gasteiger partial charge in [0.15, 0.2) is 5.82 Å². The van der Waals surface area contributed by atoms with Crippen LogP contribution in [0.4, 0.5) is 0 Å². The normalized spacial score (nSPS) is 12.8. The molecule has 0 aliphatic carbocycles. The average molecular weight is 727 g/mol. The minimum absolute atomic E-state index is 0.109. The number of ether oxygens (including phenoxy) is 2. The number of benzene rings is 2. The van der Waals surface area contributed by atoms with Crippen LogP contribution in [0.15, 0.2) is 73.1 Å². The number of thiophene rings is 1. The Morgan fingerprint density at radius 2 is 1.40 bits per heavy atom. The smallest absolute Gasteiger partial charge is 0.328 e. The predicted molar refractivity (Wildman–Crippen MR) is 209 cm³/mol. The third kappa shape index (κ3) is 12.3. The molecule has 4 rings (SSSR count). The van der Waals surface area contributed by atoms with Gasteiger partial charge >= 0.3 is 5.97 Å². The van der Waals surface area contributed by atoms with Crippen molar-refractivity contribution in [3.8, 4) is 28.3 Å². The van der Waals surface area contributed by atoms with Gasteiger partial charge in [0.05, 0.1) is 11.5 Å². The Labute approximate surface area is 313 Å². The first-order chi connectivity index (χ1) is 24.6. The molecule has 0 saturated carbocycles. The Bertz CT molecular complexity index is 1750. The summed E-state index contributed by atoms with van der Waals surface area (Å²) >= 11 is 1.40. The van der Waals surface area contributed by atoms with Crippen molar-refractivity contribution in [2.45, 2.75) is 117 Å². The number of esters is 1. The van der Waals surface area contributed by atoms with Crippen LogP contribution in [-0.2, 0) is 26.2 Å². The zero-order chi connectivity index (χ0) is 37.9. The number of hydrogen-bond donors (Lipinski definition) is 2. The first-order valence-electron chi connectivity index (χ1n) is 18.2. The van der Waals surface area contributed by atoms with Gasteiger partial charge in [-0.1, -0.05) is 89.8 Å². The van der Waals surface area contributed by atoms with E-state index in [9.17, 15) is 14.4 Å². The quantitative estimate of drug-likeness (QED) is 0.0876. The highest BCUT2D eigenvalue weighted by atomic mass is 32.1. The molecular weight excluding hydrogens is 673 g/mol. The number of unbranched alkanes of at least 4 members (excludes halogenated alkanes) is 4. The van der Waals surface area contributed by atoms with Crippen molar-refractivity contribution in [3.63, 3.8) is 0 Å². The van der Waals surface area contributed by atoms with Crippen LogP contribution >= 0.6 is 11.3 Å². The van der Waals surface area contributed by atoms with E-state index in [-0.39, 0.29) is 17.7 Å². The minimum atomic E-state index is -0.943. The molecular formula is C42H54N4O5S. The number of amides is 2. The molecule has 2 aromatic carbocycles. The van der Waals surface area contributed by atoms with Crippen molar-refractivity contribution in [1.82, 2.24) is 20.6 Å². The van der Waals surface area contributed by atoms with Gasteiger partial charge in [0.25, 0.3) is 5.91 Å². The molecule has 0 unspecified atom stereocenters.